The molecular formula is C12H22O4. The third kappa shape index (κ3) is 4.77. The molecule has 0 aromatic heterocycles. The maximum atomic E-state index is 10.8. The van der Waals surface area contributed by atoms with E-state index in [0.717, 1.165) is 5.57 Å². The lowest BCUT2D eigenvalue weighted by atomic mass is 9.90. The molecule has 0 amide bonds. The van der Waals surface area contributed by atoms with Crippen molar-refractivity contribution in [3.8, 4) is 0 Å². The molecule has 0 spiro atoms. The van der Waals surface area contributed by atoms with Crippen LogP contribution in [0.3, 0.4) is 0 Å². The van der Waals surface area contributed by atoms with Crippen LogP contribution in [0.4, 0.5) is 0 Å². The molecule has 0 aromatic carbocycles. The Morgan fingerprint density at radius 3 is 2.31 bits per heavy atom. The van der Waals surface area contributed by atoms with Crippen molar-refractivity contribution >= 4 is 5.97 Å². The fourth-order valence-electron chi connectivity index (χ4n) is 1.23. The van der Waals surface area contributed by atoms with Crippen molar-refractivity contribution in [1.29, 1.82) is 0 Å². The van der Waals surface area contributed by atoms with Crippen molar-refractivity contribution < 1.29 is 19.7 Å². The van der Waals surface area contributed by atoms with Gasteiger partial charge in [-0.3, -0.25) is 4.79 Å². The van der Waals surface area contributed by atoms with E-state index in [2.05, 4.69) is 0 Å². The second-order valence-corrected chi connectivity index (χ2v) is 4.51. The lowest BCUT2D eigenvalue weighted by Crippen LogP contribution is -2.49. The summed E-state index contributed by atoms with van der Waals surface area (Å²) in [5, 5.41) is 19.9. The third-order valence-electron chi connectivity index (χ3n) is 2.59. The van der Waals surface area contributed by atoms with E-state index >= 15 is 0 Å². The number of esters is 1. The molecule has 2 N–H and O–H groups in total. The summed E-state index contributed by atoms with van der Waals surface area (Å²) in [6.45, 7) is 8.13. The molecule has 0 aromatic rings. The predicted octanol–water partition coefficient (Wildman–Crippen LogP) is 1.41. The van der Waals surface area contributed by atoms with E-state index in [1.807, 2.05) is 19.9 Å². The van der Waals surface area contributed by atoms with E-state index in [4.69, 9.17) is 4.74 Å². The number of rotatable bonds is 5. The number of hydrogen-bond donors (Lipinski definition) is 2. The van der Waals surface area contributed by atoms with Crippen LogP contribution in [0.2, 0.25) is 0 Å². The number of carbonyl (C=O) groups is 1. The van der Waals surface area contributed by atoms with Gasteiger partial charge in [-0.05, 0) is 34.1 Å². The first-order valence-electron chi connectivity index (χ1n) is 5.39. The first-order chi connectivity index (χ1) is 7.17. The summed E-state index contributed by atoms with van der Waals surface area (Å²) in [6, 6.07) is 0. The predicted molar refractivity (Wildman–Crippen MR) is 61.9 cm³/mol. The summed E-state index contributed by atoms with van der Waals surface area (Å²) in [5.41, 5.74) is -0.382. The Labute approximate surface area is 96.9 Å². The molecule has 16 heavy (non-hydrogen) atoms. The average molecular weight is 230 g/mol. The minimum atomic E-state index is -1.45. The van der Waals surface area contributed by atoms with Gasteiger partial charge >= 0.3 is 5.97 Å². The number of ether oxygens (including phenoxy) is 1. The lowest BCUT2D eigenvalue weighted by molar-refractivity contribution is -0.172. The van der Waals surface area contributed by atoms with E-state index in [1.165, 1.54) is 13.8 Å². The van der Waals surface area contributed by atoms with Crippen LogP contribution in [0.5, 0.6) is 0 Å². The van der Waals surface area contributed by atoms with Crippen LogP contribution in [0.1, 0.15) is 41.0 Å². The van der Waals surface area contributed by atoms with Crippen molar-refractivity contribution in [3.05, 3.63) is 11.6 Å². The van der Waals surface area contributed by atoms with Crippen molar-refractivity contribution in [2.45, 2.75) is 58.8 Å². The van der Waals surface area contributed by atoms with Crippen LogP contribution in [0.25, 0.3) is 0 Å². The van der Waals surface area contributed by atoms with Crippen LogP contribution in [0.15, 0.2) is 11.6 Å². The summed E-state index contributed by atoms with van der Waals surface area (Å²) in [7, 11) is 0. The van der Waals surface area contributed by atoms with Crippen LogP contribution in [-0.4, -0.2) is 34.0 Å². The highest BCUT2D eigenvalue weighted by atomic mass is 16.6. The van der Waals surface area contributed by atoms with Crippen molar-refractivity contribution in [2.24, 2.45) is 0 Å². The molecular weight excluding hydrogens is 208 g/mol. The van der Waals surface area contributed by atoms with Gasteiger partial charge in [0.15, 0.2) is 0 Å². The average Bonchev–Trinajstić information content (AvgIpc) is 2.12. The van der Waals surface area contributed by atoms with E-state index in [9.17, 15) is 15.0 Å². The fourth-order valence-corrected chi connectivity index (χ4v) is 1.23. The van der Waals surface area contributed by atoms with Crippen molar-refractivity contribution in [1.82, 2.24) is 0 Å². The monoisotopic (exact) mass is 230 g/mol. The molecule has 3 atom stereocenters. The molecule has 0 rings (SSSR count). The molecule has 4 heteroatoms. The molecule has 0 heterocycles. The van der Waals surface area contributed by atoms with E-state index in [0.29, 0.717) is 6.42 Å². The van der Waals surface area contributed by atoms with Gasteiger partial charge in [-0.15, -0.1) is 0 Å². The first-order valence-corrected chi connectivity index (χ1v) is 5.39. The number of carbonyl (C=O) groups excluding carboxylic acids is 1. The maximum absolute atomic E-state index is 10.8. The topological polar surface area (TPSA) is 66.8 Å². The molecule has 0 fully saturated rings. The molecule has 0 radical (unpaired) electrons. The molecule has 0 aliphatic carbocycles. The molecule has 94 valence electrons. The van der Waals surface area contributed by atoms with Gasteiger partial charge in [-0.2, -0.15) is 0 Å². The van der Waals surface area contributed by atoms with Gasteiger partial charge in [0.1, 0.15) is 11.7 Å². The van der Waals surface area contributed by atoms with E-state index in [-0.39, 0.29) is 0 Å². The SMILES string of the molecule is CC(=O)O[C@H](C)[C@@](C)(O)[C@@H](O)CC=C(C)C. The van der Waals surface area contributed by atoms with Crippen LogP contribution < -0.4 is 0 Å². The number of aliphatic hydroxyl groups excluding tert-OH is 1. The number of hydrogen-bond acceptors (Lipinski definition) is 4. The molecule has 0 aliphatic rings. The van der Waals surface area contributed by atoms with Gasteiger partial charge in [-0.25, -0.2) is 0 Å². The van der Waals surface area contributed by atoms with Gasteiger partial charge in [0, 0.05) is 6.92 Å². The second-order valence-electron chi connectivity index (χ2n) is 4.51. The largest absolute Gasteiger partial charge is 0.460 e. The Kier molecular flexibility index (Phi) is 5.68. The summed E-state index contributed by atoms with van der Waals surface area (Å²) >= 11 is 0. The van der Waals surface area contributed by atoms with Gasteiger partial charge < -0.3 is 14.9 Å². The molecule has 4 nitrogen and oxygen atoms in total. The quantitative estimate of drug-likeness (QED) is 0.553. The Morgan fingerprint density at radius 1 is 1.44 bits per heavy atom. The summed E-state index contributed by atoms with van der Waals surface area (Å²) in [4.78, 5) is 10.8. The van der Waals surface area contributed by atoms with Crippen LogP contribution in [0, 0.1) is 0 Å². The highest BCUT2D eigenvalue weighted by Gasteiger charge is 2.37. The Bertz CT molecular complexity index is 264. The van der Waals surface area contributed by atoms with E-state index in [1.54, 1.807) is 6.92 Å². The minimum absolute atomic E-state index is 0.334. The zero-order valence-corrected chi connectivity index (χ0v) is 10.7. The minimum Gasteiger partial charge on any atom is -0.460 e. The molecule has 0 saturated heterocycles. The Morgan fingerprint density at radius 2 is 1.94 bits per heavy atom. The Balaban J connectivity index is 4.50. The highest BCUT2D eigenvalue weighted by Crippen LogP contribution is 2.21. The van der Waals surface area contributed by atoms with Gasteiger partial charge in [0.25, 0.3) is 0 Å². The standard InChI is InChI=1S/C12H22O4/c1-8(2)6-7-11(14)12(5,15)9(3)16-10(4)13/h6,9,11,14-15H,7H2,1-5H3/t9-,11+,12-/m1/s1. The smallest absolute Gasteiger partial charge is 0.302 e. The van der Waals surface area contributed by atoms with Crippen molar-refractivity contribution in [2.75, 3.05) is 0 Å². The third-order valence-corrected chi connectivity index (χ3v) is 2.59. The molecule has 0 aliphatic heterocycles. The maximum Gasteiger partial charge on any atom is 0.302 e. The van der Waals surface area contributed by atoms with Gasteiger partial charge in [0.2, 0.25) is 0 Å². The number of aliphatic hydroxyl groups is 2. The van der Waals surface area contributed by atoms with Crippen LogP contribution in [-0.2, 0) is 9.53 Å². The molecule has 0 unspecified atom stereocenters. The first kappa shape index (κ1) is 15.1. The normalized spacial score (nSPS) is 18.2. The fraction of sp³-hybridized carbons (Fsp3) is 0.750. The molecule has 0 saturated carbocycles. The van der Waals surface area contributed by atoms with E-state index < -0.39 is 23.8 Å². The lowest BCUT2D eigenvalue weighted by Gasteiger charge is -2.33. The molecule has 0 bridgehead atoms. The summed E-state index contributed by atoms with van der Waals surface area (Å²) < 4.78 is 4.87. The zero-order valence-electron chi connectivity index (χ0n) is 10.7. The van der Waals surface area contributed by atoms with Crippen LogP contribution >= 0.6 is 0 Å². The second kappa shape index (κ2) is 6.01. The van der Waals surface area contributed by atoms with Crippen molar-refractivity contribution in [3.63, 3.8) is 0 Å². The zero-order chi connectivity index (χ0) is 12.9. The Hall–Kier alpha value is -0.870. The van der Waals surface area contributed by atoms with Gasteiger partial charge in [-0.1, -0.05) is 11.6 Å². The van der Waals surface area contributed by atoms with Gasteiger partial charge in [0.05, 0.1) is 6.10 Å². The number of allylic oxidation sites excluding steroid dienone is 1. The summed E-state index contributed by atoms with van der Waals surface area (Å²) in [5.74, 6) is -0.470. The summed E-state index contributed by atoms with van der Waals surface area (Å²) in [6.07, 6.45) is 0.461. The highest BCUT2D eigenvalue weighted by molar-refractivity contribution is 5.66.